The first-order valence-corrected chi connectivity index (χ1v) is 7.32. The van der Waals surface area contributed by atoms with Crippen molar-refractivity contribution in [2.24, 2.45) is 0 Å². The van der Waals surface area contributed by atoms with Crippen LogP contribution in [-0.4, -0.2) is 0 Å². The number of benzene rings is 2. The first-order valence-electron chi connectivity index (χ1n) is 6.02. The van der Waals surface area contributed by atoms with Gasteiger partial charge in [-0.3, -0.25) is 0 Å². The molecule has 0 fully saturated rings. The van der Waals surface area contributed by atoms with Crippen LogP contribution in [0.3, 0.4) is 0 Å². The van der Waals surface area contributed by atoms with E-state index in [4.69, 9.17) is 11.6 Å². The van der Waals surface area contributed by atoms with E-state index in [0.29, 0.717) is 4.83 Å². The van der Waals surface area contributed by atoms with Crippen LogP contribution < -0.4 is 0 Å². The Balaban J connectivity index is 2.19. The molecule has 0 nitrogen and oxygen atoms in total. The highest BCUT2D eigenvalue weighted by Gasteiger charge is 2.10. The lowest BCUT2D eigenvalue weighted by Crippen LogP contribution is -1.98. The van der Waals surface area contributed by atoms with Crippen molar-refractivity contribution in [3.63, 3.8) is 0 Å². The van der Waals surface area contributed by atoms with Gasteiger partial charge in [-0.25, -0.2) is 0 Å². The van der Waals surface area contributed by atoms with Crippen molar-refractivity contribution in [2.75, 3.05) is 0 Å². The van der Waals surface area contributed by atoms with Crippen LogP contribution in [0.1, 0.15) is 27.1 Å². The lowest BCUT2D eigenvalue weighted by molar-refractivity contribution is 0.937. The molecule has 2 heteroatoms. The van der Waals surface area contributed by atoms with Gasteiger partial charge in [0.25, 0.3) is 0 Å². The number of aryl methyl sites for hydroxylation is 2. The van der Waals surface area contributed by atoms with E-state index in [1.54, 1.807) is 0 Å². The van der Waals surface area contributed by atoms with Gasteiger partial charge in [-0.1, -0.05) is 63.9 Å². The average molecular weight is 324 g/mol. The van der Waals surface area contributed by atoms with Gasteiger partial charge in [0.05, 0.1) is 0 Å². The molecule has 0 saturated carbocycles. The molecule has 0 aliphatic carbocycles. The van der Waals surface area contributed by atoms with E-state index in [2.05, 4.69) is 59.3 Å². The van der Waals surface area contributed by atoms with E-state index < -0.39 is 0 Å². The van der Waals surface area contributed by atoms with Gasteiger partial charge in [-0.15, -0.1) is 0 Å². The van der Waals surface area contributed by atoms with Gasteiger partial charge in [0, 0.05) is 9.85 Å². The van der Waals surface area contributed by atoms with E-state index in [1.807, 2.05) is 13.0 Å². The molecule has 0 N–H and O–H groups in total. The van der Waals surface area contributed by atoms with Gasteiger partial charge in [0.15, 0.2) is 0 Å². The molecule has 0 aliphatic rings. The Morgan fingerprint density at radius 2 is 1.78 bits per heavy atom. The van der Waals surface area contributed by atoms with Crippen LogP contribution in [0.25, 0.3) is 0 Å². The summed E-state index contributed by atoms with van der Waals surface area (Å²) in [4.78, 5) is 0.328. The highest BCUT2D eigenvalue weighted by molar-refractivity contribution is 9.09. The molecule has 2 aromatic rings. The molecule has 18 heavy (non-hydrogen) atoms. The summed E-state index contributed by atoms with van der Waals surface area (Å²) in [5.41, 5.74) is 5.13. The Bertz CT molecular complexity index is 549. The molecule has 1 unspecified atom stereocenters. The monoisotopic (exact) mass is 322 g/mol. The molecule has 2 rings (SSSR count). The summed E-state index contributed by atoms with van der Waals surface area (Å²) in [7, 11) is 0. The van der Waals surface area contributed by atoms with E-state index in [9.17, 15) is 0 Å². The third-order valence-corrected chi connectivity index (χ3v) is 4.48. The smallest absolute Gasteiger partial charge is 0.0435 e. The number of hydrogen-bond donors (Lipinski definition) is 0. The molecule has 2 aromatic carbocycles. The minimum Gasteiger partial charge on any atom is -0.0841 e. The van der Waals surface area contributed by atoms with Crippen molar-refractivity contribution < 1.29 is 0 Å². The van der Waals surface area contributed by atoms with Crippen LogP contribution in [0.4, 0.5) is 0 Å². The molecule has 0 saturated heterocycles. The minimum absolute atomic E-state index is 0.328. The SMILES string of the molecule is Cc1cc(C(Br)Cc2ccccc2C)ccc1Cl. The van der Waals surface area contributed by atoms with Crippen molar-refractivity contribution in [3.05, 3.63) is 69.7 Å². The Morgan fingerprint density at radius 1 is 1.06 bits per heavy atom. The van der Waals surface area contributed by atoms with Crippen LogP contribution >= 0.6 is 27.5 Å². The summed E-state index contributed by atoms with van der Waals surface area (Å²) in [6.07, 6.45) is 0.994. The molecular weight excluding hydrogens is 308 g/mol. The van der Waals surface area contributed by atoms with Gasteiger partial charge >= 0.3 is 0 Å². The second-order valence-corrected chi connectivity index (χ2v) is 6.12. The summed E-state index contributed by atoms with van der Waals surface area (Å²) in [6, 6.07) is 14.7. The standard InChI is InChI=1S/C16H16BrCl/c1-11-5-3-4-6-13(11)10-15(17)14-7-8-16(18)12(2)9-14/h3-9,15H,10H2,1-2H3. The third-order valence-electron chi connectivity index (χ3n) is 3.20. The van der Waals surface area contributed by atoms with Gasteiger partial charge < -0.3 is 0 Å². The van der Waals surface area contributed by atoms with Crippen molar-refractivity contribution in [3.8, 4) is 0 Å². The zero-order valence-corrected chi connectivity index (χ0v) is 12.9. The van der Waals surface area contributed by atoms with Gasteiger partial charge in [0.1, 0.15) is 0 Å². The Morgan fingerprint density at radius 3 is 2.44 bits per heavy atom. The first kappa shape index (κ1) is 13.6. The molecule has 0 heterocycles. The first-order chi connectivity index (χ1) is 8.58. The number of alkyl halides is 1. The van der Waals surface area contributed by atoms with Crippen LogP contribution in [-0.2, 0) is 6.42 Å². The van der Waals surface area contributed by atoms with Crippen LogP contribution in [0, 0.1) is 13.8 Å². The fraction of sp³-hybridized carbons (Fsp3) is 0.250. The summed E-state index contributed by atoms with van der Waals surface area (Å²) in [5.74, 6) is 0. The average Bonchev–Trinajstić information content (AvgIpc) is 2.35. The molecule has 94 valence electrons. The summed E-state index contributed by atoms with van der Waals surface area (Å²) >= 11 is 9.83. The van der Waals surface area contributed by atoms with E-state index in [0.717, 1.165) is 17.0 Å². The molecule has 0 amide bonds. The molecule has 0 radical (unpaired) electrons. The molecule has 0 aromatic heterocycles. The molecule has 0 bridgehead atoms. The second kappa shape index (κ2) is 5.90. The van der Waals surface area contributed by atoms with Crippen molar-refractivity contribution in [2.45, 2.75) is 25.1 Å². The van der Waals surface area contributed by atoms with E-state index in [1.165, 1.54) is 16.7 Å². The fourth-order valence-electron chi connectivity index (χ4n) is 2.01. The van der Waals surface area contributed by atoms with Crippen molar-refractivity contribution in [1.29, 1.82) is 0 Å². The van der Waals surface area contributed by atoms with Crippen molar-refractivity contribution >= 4 is 27.5 Å². The number of halogens is 2. The maximum Gasteiger partial charge on any atom is 0.0435 e. The molecule has 1 atom stereocenters. The predicted molar refractivity (Wildman–Crippen MR) is 82.7 cm³/mol. The number of hydrogen-bond acceptors (Lipinski definition) is 0. The van der Waals surface area contributed by atoms with Crippen molar-refractivity contribution in [1.82, 2.24) is 0 Å². The Labute approximate surface area is 122 Å². The van der Waals surface area contributed by atoms with Gasteiger partial charge in [-0.2, -0.15) is 0 Å². The minimum atomic E-state index is 0.328. The Hall–Kier alpha value is -0.790. The maximum atomic E-state index is 6.06. The number of rotatable bonds is 3. The zero-order chi connectivity index (χ0) is 13.1. The third kappa shape index (κ3) is 3.15. The highest BCUT2D eigenvalue weighted by Crippen LogP contribution is 2.30. The topological polar surface area (TPSA) is 0 Å². The fourth-order valence-corrected chi connectivity index (χ4v) is 2.76. The summed E-state index contributed by atoms with van der Waals surface area (Å²) in [6.45, 7) is 4.20. The lowest BCUT2D eigenvalue weighted by atomic mass is 10.00. The quantitative estimate of drug-likeness (QED) is 0.642. The molecular formula is C16H16BrCl. The highest BCUT2D eigenvalue weighted by atomic mass is 79.9. The van der Waals surface area contributed by atoms with E-state index >= 15 is 0 Å². The van der Waals surface area contributed by atoms with Gasteiger partial charge in [0.2, 0.25) is 0 Å². The maximum absolute atomic E-state index is 6.06. The van der Waals surface area contributed by atoms with Crippen LogP contribution in [0.5, 0.6) is 0 Å². The molecule has 0 aliphatic heterocycles. The normalized spacial score (nSPS) is 12.4. The largest absolute Gasteiger partial charge is 0.0841 e. The zero-order valence-electron chi connectivity index (χ0n) is 10.6. The Kier molecular flexibility index (Phi) is 4.47. The lowest BCUT2D eigenvalue weighted by Gasteiger charge is -2.13. The molecule has 0 spiro atoms. The summed E-state index contributed by atoms with van der Waals surface area (Å²) in [5, 5.41) is 0.828. The van der Waals surface area contributed by atoms with Gasteiger partial charge in [-0.05, 0) is 48.6 Å². The van der Waals surface area contributed by atoms with Crippen LogP contribution in [0.2, 0.25) is 5.02 Å². The second-order valence-electron chi connectivity index (χ2n) is 4.61. The summed E-state index contributed by atoms with van der Waals surface area (Å²) < 4.78 is 0. The predicted octanol–water partition coefficient (Wildman–Crippen LogP) is 5.64. The van der Waals surface area contributed by atoms with Crippen LogP contribution in [0.15, 0.2) is 42.5 Å². The van der Waals surface area contributed by atoms with E-state index in [-0.39, 0.29) is 0 Å².